The zero-order valence-electron chi connectivity index (χ0n) is 14.1. The summed E-state index contributed by atoms with van der Waals surface area (Å²) < 4.78 is 5.62. The van der Waals surface area contributed by atoms with Crippen LogP contribution in [0, 0.1) is 0 Å². The molecule has 21 heavy (non-hydrogen) atoms. The van der Waals surface area contributed by atoms with E-state index in [9.17, 15) is 0 Å². The summed E-state index contributed by atoms with van der Waals surface area (Å²) in [6.45, 7) is 6.15. The molecule has 0 fully saturated rings. The van der Waals surface area contributed by atoms with Crippen LogP contribution in [0.25, 0.3) is 0 Å². The van der Waals surface area contributed by atoms with E-state index in [0.29, 0.717) is 0 Å². The van der Waals surface area contributed by atoms with Crippen molar-refractivity contribution in [3.8, 4) is 0 Å². The lowest BCUT2D eigenvalue weighted by Gasteiger charge is -2.00. The molecule has 0 atom stereocenters. The molecular formula is C20H34O. The zero-order valence-corrected chi connectivity index (χ0v) is 14.1. The van der Waals surface area contributed by atoms with Crippen molar-refractivity contribution in [3.63, 3.8) is 0 Å². The highest BCUT2D eigenvalue weighted by molar-refractivity contribution is 5.02. The van der Waals surface area contributed by atoms with E-state index in [0.717, 1.165) is 38.9 Å². The second kappa shape index (κ2) is 18.9. The average Bonchev–Trinajstić information content (AvgIpc) is 2.50. The third kappa shape index (κ3) is 18.9. The third-order valence-electron chi connectivity index (χ3n) is 3.00. The molecule has 0 aromatic rings. The predicted molar refractivity (Wildman–Crippen MR) is 95.7 cm³/mol. The van der Waals surface area contributed by atoms with Gasteiger partial charge in [0.2, 0.25) is 0 Å². The molecule has 0 aliphatic rings. The van der Waals surface area contributed by atoms with Gasteiger partial charge in [0.05, 0.1) is 0 Å². The Labute approximate surface area is 132 Å². The molecule has 0 spiro atoms. The van der Waals surface area contributed by atoms with Crippen molar-refractivity contribution in [2.24, 2.45) is 0 Å². The molecule has 0 aliphatic carbocycles. The monoisotopic (exact) mass is 290 g/mol. The van der Waals surface area contributed by atoms with Crippen molar-refractivity contribution in [2.75, 3.05) is 13.2 Å². The average molecular weight is 290 g/mol. The van der Waals surface area contributed by atoms with Gasteiger partial charge in [-0.1, -0.05) is 75.3 Å². The molecule has 0 saturated heterocycles. The van der Waals surface area contributed by atoms with Crippen molar-refractivity contribution < 1.29 is 4.74 Å². The Bertz CT molecular complexity index is 267. The number of ether oxygens (including phenoxy) is 1. The first-order chi connectivity index (χ1) is 10.4. The molecule has 0 rings (SSSR count). The van der Waals surface area contributed by atoms with Gasteiger partial charge in [-0.3, -0.25) is 0 Å². The maximum Gasteiger partial charge on any atom is 0.0468 e. The second-order valence-corrected chi connectivity index (χ2v) is 5.19. The fraction of sp³-hybridized carbons (Fsp3) is 0.600. The van der Waals surface area contributed by atoms with E-state index in [1.165, 1.54) is 25.7 Å². The SMILES string of the molecule is CCCC=CC=CCCCOCCCC=CC=CCCC. The van der Waals surface area contributed by atoms with Gasteiger partial charge in [0.1, 0.15) is 0 Å². The van der Waals surface area contributed by atoms with Crippen molar-refractivity contribution in [1.29, 1.82) is 0 Å². The first-order valence-corrected chi connectivity index (χ1v) is 8.62. The van der Waals surface area contributed by atoms with E-state index in [2.05, 4.69) is 62.5 Å². The van der Waals surface area contributed by atoms with Crippen LogP contribution in [0.5, 0.6) is 0 Å². The van der Waals surface area contributed by atoms with Gasteiger partial charge >= 0.3 is 0 Å². The highest BCUT2D eigenvalue weighted by atomic mass is 16.5. The number of hydrogen-bond acceptors (Lipinski definition) is 1. The van der Waals surface area contributed by atoms with Crippen LogP contribution >= 0.6 is 0 Å². The van der Waals surface area contributed by atoms with E-state index in [4.69, 9.17) is 4.74 Å². The molecule has 0 amide bonds. The Balaban J connectivity index is 3.22. The molecule has 1 heteroatoms. The molecule has 120 valence electrons. The Morgan fingerprint density at radius 1 is 0.571 bits per heavy atom. The molecule has 0 aromatic heterocycles. The van der Waals surface area contributed by atoms with Crippen molar-refractivity contribution in [3.05, 3.63) is 48.6 Å². The van der Waals surface area contributed by atoms with Gasteiger partial charge < -0.3 is 4.74 Å². The predicted octanol–water partition coefficient (Wildman–Crippen LogP) is 6.39. The van der Waals surface area contributed by atoms with Crippen LogP contribution < -0.4 is 0 Å². The fourth-order valence-electron chi connectivity index (χ4n) is 1.74. The first-order valence-electron chi connectivity index (χ1n) is 8.62. The third-order valence-corrected chi connectivity index (χ3v) is 3.00. The minimum Gasteiger partial charge on any atom is -0.381 e. The van der Waals surface area contributed by atoms with Crippen LogP contribution in [0.2, 0.25) is 0 Å². The lowest BCUT2D eigenvalue weighted by Crippen LogP contribution is -1.95. The Morgan fingerprint density at radius 2 is 0.952 bits per heavy atom. The molecule has 0 saturated carbocycles. The van der Waals surface area contributed by atoms with Crippen molar-refractivity contribution in [2.45, 2.75) is 65.2 Å². The van der Waals surface area contributed by atoms with E-state index in [1.807, 2.05) is 0 Å². The Kier molecular flexibility index (Phi) is 17.9. The van der Waals surface area contributed by atoms with E-state index in [-0.39, 0.29) is 0 Å². The molecular weight excluding hydrogens is 256 g/mol. The molecule has 1 nitrogen and oxygen atoms in total. The van der Waals surface area contributed by atoms with Gasteiger partial charge in [0.25, 0.3) is 0 Å². The van der Waals surface area contributed by atoms with Crippen LogP contribution in [-0.4, -0.2) is 13.2 Å². The second-order valence-electron chi connectivity index (χ2n) is 5.19. The van der Waals surface area contributed by atoms with Crippen LogP contribution in [0.15, 0.2) is 48.6 Å². The molecule has 0 heterocycles. The Hall–Kier alpha value is -1.08. The molecule has 0 bridgehead atoms. The van der Waals surface area contributed by atoms with Crippen molar-refractivity contribution in [1.82, 2.24) is 0 Å². The number of unbranched alkanes of at least 4 members (excludes halogenated alkanes) is 4. The minimum absolute atomic E-state index is 0.878. The summed E-state index contributed by atoms with van der Waals surface area (Å²) in [4.78, 5) is 0. The van der Waals surface area contributed by atoms with E-state index < -0.39 is 0 Å². The standard InChI is InChI=1S/C20H34O/c1-3-5-7-9-11-13-15-17-19-21-20-18-16-14-12-10-8-6-4-2/h7-14H,3-6,15-20H2,1-2H3. The van der Waals surface area contributed by atoms with Gasteiger partial charge in [-0.05, 0) is 38.5 Å². The summed E-state index contributed by atoms with van der Waals surface area (Å²) >= 11 is 0. The zero-order chi connectivity index (χ0) is 15.4. The van der Waals surface area contributed by atoms with Crippen molar-refractivity contribution >= 4 is 0 Å². The summed E-state index contributed by atoms with van der Waals surface area (Å²) in [5.41, 5.74) is 0. The lowest BCUT2D eigenvalue weighted by molar-refractivity contribution is 0.130. The highest BCUT2D eigenvalue weighted by Crippen LogP contribution is 1.97. The summed E-state index contributed by atoms with van der Waals surface area (Å²) in [6.07, 6.45) is 26.7. The van der Waals surface area contributed by atoms with Crippen LogP contribution in [-0.2, 0) is 4.74 Å². The van der Waals surface area contributed by atoms with Crippen LogP contribution in [0.1, 0.15) is 65.2 Å². The lowest BCUT2D eigenvalue weighted by atomic mass is 10.2. The van der Waals surface area contributed by atoms with Gasteiger partial charge in [-0.2, -0.15) is 0 Å². The maximum atomic E-state index is 5.62. The fourth-order valence-corrected chi connectivity index (χ4v) is 1.74. The van der Waals surface area contributed by atoms with Gasteiger partial charge in [-0.15, -0.1) is 0 Å². The topological polar surface area (TPSA) is 9.23 Å². The minimum atomic E-state index is 0.878. The van der Waals surface area contributed by atoms with Gasteiger partial charge in [-0.25, -0.2) is 0 Å². The van der Waals surface area contributed by atoms with E-state index in [1.54, 1.807) is 0 Å². The summed E-state index contributed by atoms with van der Waals surface area (Å²) in [7, 11) is 0. The van der Waals surface area contributed by atoms with Crippen LogP contribution in [0.3, 0.4) is 0 Å². The first kappa shape index (κ1) is 19.9. The largest absolute Gasteiger partial charge is 0.381 e. The van der Waals surface area contributed by atoms with Gasteiger partial charge in [0, 0.05) is 13.2 Å². The van der Waals surface area contributed by atoms with Gasteiger partial charge in [0.15, 0.2) is 0 Å². The van der Waals surface area contributed by atoms with Crippen LogP contribution in [0.4, 0.5) is 0 Å². The molecule has 0 aromatic carbocycles. The molecule has 0 N–H and O–H groups in total. The summed E-state index contributed by atoms with van der Waals surface area (Å²) in [5.74, 6) is 0. The number of allylic oxidation sites excluding steroid dienone is 8. The summed E-state index contributed by atoms with van der Waals surface area (Å²) in [5, 5.41) is 0. The smallest absolute Gasteiger partial charge is 0.0468 e. The molecule has 0 aliphatic heterocycles. The number of rotatable bonds is 14. The highest BCUT2D eigenvalue weighted by Gasteiger charge is 1.87. The normalized spacial score (nSPS) is 12.7. The maximum absolute atomic E-state index is 5.62. The number of hydrogen-bond donors (Lipinski definition) is 0. The Morgan fingerprint density at radius 3 is 1.33 bits per heavy atom. The summed E-state index contributed by atoms with van der Waals surface area (Å²) in [6, 6.07) is 0. The molecule has 0 unspecified atom stereocenters. The van der Waals surface area contributed by atoms with E-state index >= 15 is 0 Å². The quantitative estimate of drug-likeness (QED) is 0.266. The molecule has 0 radical (unpaired) electrons.